The highest BCUT2D eigenvalue weighted by Crippen LogP contribution is 2.40. The highest BCUT2D eigenvalue weighted by atomic mass is 32.1. The molecule has 1 aromatic carbocycles. The molecule has 0 saturated heterocycles. The maximum atomic E-state index is 13.8. The molecule has 1 aliphatic carbocycles. The third kappa shape index (κ3) is 1.68. The van der Waals surface area contributed by atoms with Gasteiger partial charge < -0.3 is 5.73 Å². The van der Waals surface area contributed by atoms with Crippen molar-refractivity contribution in [3.8, 4) is 10.6 Å². The average molecular weight is 293 g/mol. The summed E-state index contributed by atoms with van der Waals surface area (Å²) in [5.41, 5.74) is 5.56. The summed E-state index contributed by atoms with van der Waals surface area (Å²) in [6.07, 6.45) is 2.15. The van der Waals surface area contributed by atoms with Crippen molar-refractivity contribution >= 4 is 22.0 Å². The minimum atomic E-state index is -0.770. The van der Waals surface area contributed by atoms with Gasteiger partial charge in [-0.2, -0.15) is 9.61 Å². The minimum absolute atomic E-state index is 0.102. The molecule has 0 unspecified atom stereocenters. The van der Waals surface area contributed by atoms with Crippen LogP contribution in [0.3, 0.4) is 0 Å². The number of hydrogen-bond donors (Lipinski definition) is 1. The Hall–Kier alpha value is -2.09. The zero-order valence-electron chi connectivity index (χ0n) is 10.2. The molecule has 20 heavy (non-hydrogen) atoms. The summed E-state index contributed by atoms with van der Waals surface area (Å²) >= 11 is 1.21. The zero-order valence-corrected chi connectivity index (χ0v) is 11.0. The Morgan fingerprint density at radius 2 is 2.00 bits per heavy atom. The molecular formula is C12H9F2N5S. The van der Waals surface area contributed by atoms with Crippen LogP contribution in [-0.4, -0.2) is 19.8 Å². The number of halogens is 2. The second-order valence-corrected chi connectivity index (χ2v) is 5.74. The molecule has 0 radical (unpaired) electrons. The van der Waals surface area contributed by atoms with Crippen molar-refractivity contribution in [1.29, 1.82) is 0 Å². The van der Waals surface area contributed by atoms with E-state index in [1.54, 1.807) is 4.52 Å². The lowest BCUT2D eigenvalue weighted by atomic mass is 10.2. The van der Waals surface area contributed by atoms with E-state index in [0.717, 1.165) is 24.7 Å². The van der Waals surface area contributed by atoms with E-state index in [4.69, 9.17) is 5.73 Å². The van der Waals surface area contributed by atoms with Gasteiger partial charge in [0.05, 0.1) is 11.3 Å². The van der Waals surface area contributed by atoms with Crippen LogP contribution in [0.2, 0.25) is 0 Å². The number of nitrogens with zero attached hydrogens (tertiary/aromatic N) is 4. The predicted octanol–water partition coefficient (Wildman–Crippen LogP) is 2.59. The van der Waals surface area contributed by atoms with Crippen LogP contribution in [0.5, 0.6) is 0 Å². The summed E-state index contributed by atoms with van der Waals surface area (Å²) in [6.45, 7) is 0. The topological polar surface area (TPSA) is 69.1 Å². The first kappa shape index (κ1) is 11.7. The minimum Gasteiger partial charge on any atom is -0.396 e. The number of nitrogens with two attached hydrogens (primary N) is 1. The van der Waals surface area contributed by atoms with Gasteiger partial charge in [0.25, 0.3) is 0 Å². The molecule has 5 nitrogen and oxygen atoms in total. The van der Waals surface area contributed by atoms with Gasteiger partial charge in [0.1, 0.15) is 11.6 Å². The SMILES string of the molecule is Nc1cc(-c2nn3c(C4CC4)nnc3s2)c(F)cc1F. The smallest absolute Gasteiger partial charge is 0.234 e. The standard InChI is InChI=1S/C12H9F2N5S/c13-7-4-8(14)9(15)3-6(7)11-18-19-10(5-1-2-5)16-17-12(19)20-11/h3-5H,1-2,15H2. The van der Waals surface area contributed by atoms with Crippen LogP contribution in [0.25, 0.3) is 15.5 Å². The fourth-order valence-corrected chi connectivity index (χ4v) is 2.93. The average Bonchev–Trinajstić information content (AvgIpc) is 3.03. The van der Waals surface area contributed by atoms with Gasteiger partial charge in [0.2, 0.25) is 4.96 Å². The van der Waals surface area contributed by atoms with Gasteiger partial charge in [-0.25, -0.2) is 8.78 Å². The molecule has 2 heterocycles. The number of aromatic nitrogens is 4. The van der Waals surface area contributed by atoms with Gasteiger partial charge >= 0.3 is 0 Å². The molecule has 0 aliphatic heterocycles. The Labute approximate surface area is 116 Å². The van der Waals surface area contributed by atoms with Crippen LogP contribution in [0.15, 0.2) is 12.1 Å². The number of benzene rings is 1. The first-order valence-electron chi connectivity index (χ1n) is 6.10. The van der Waals surface area contributed by atoms with Crippen LogP contribution >= 0.6 is 11.3 Å². The molecule has 1 saturated carbocycles. The maximum Gasteiger partial charge on any atom is 0.234 e. The van der Waals surface area contributed by atoms with E-state index < -0.39 is 11.6 Å². The lowest BCUT2D eigenvalue weighted by Crippen LogP contribution is -1.96. The van der Waals surface area contributed by atoms with E-state index in [1.807, 2.05) is 0 Å². The third-order valence-electron chi connectivity index (χ3n) is 3.27. The fraction of sp³-hybridized carbons (Fsp3) is 0.250. The highest BCUT2D eigenvalue weighted by Gasteiger charge is 2.30. The quantitative estimate of drug-likeness (QED) is 0.737. The molecule has 102 valence electrons. The van der Waals surface area contributed by atoms with Gasteiger partial charge in [-0.3, -0.25) is 0 Å². The molecule has 0 amide bonds. The van der Waals surface area contributed by atoms with Crippen molar-refractivity contribution < 1.29 is 8.78 Å². The van der Waals surface area contributed by atoms with Crippen LogP contribution in [0.1, 0.15) is 24.6 Å². The lowest BCUT2D eigenvalue weighted by molar-refractivity contribution is 0.588. The van der Waals surface area contributed by atoms with Crippen LogP contribution in [-0.2, 0) is 0 Å². The Bertz CT molecular complexity index is 821. The van der Waals surface area contributed by atoms with E-state index in [1.165, 1.54) is 17.4 Å². The largest absolute Gasteiger partial charge is 0.396 e. The molecule has 0 atom stereocenters. The molecule has 1 fully saturated rings. The van der Waals surface area contributed by atoms with Crippen molar-refractivity contribution in [2.75, 3.05) is 5.73 Å². The van der Waals surface area contributed by atoms with Crippen LogP contribution < -0.4 is 5.73 Å². The van der Waals surface area contributed by atoms with Gasteiger partial charge in [-0.05, 0) is 18.9 Å². The number of rotatable bonds is 2. The Kier molecular flexibility index (Phi) is 2.31. The number of nitrogen functional groups attached to an aromatic ring is 1. The van der Waals surface area contributed by atoms with Gasteiger partial charge in [-0.15, -0.1) is 10.2 Å². The normalized spacial score (nSPS) is 15.1. The summed E-state index contributed by atoms with van der Waals surface area (Å²) in [5.74, 6) is -0.261. The molecule has 1 aliphatic rings. The first-order valence-corrected chi connectivity index (χ1v) is 6.92. The van der Waals surface area contributed by atoms with E-state index in [-0.39, 0.29) is 11.3 Å². The molecule has 3 aromatic rings. The summed E-state index contributed by atoms with van der Waals surface area (Å²) < 4.78 is 28.7. The summed E-state index contributed by atoms with van der Waals surface area (Å²) in [6, 6.07) is 2.03. The van der Waals surface area contributed by atoms with E-state index in [0.29, 0.717) is 15.9 Å². The third-order valence-corrected chi connectivity index (χ3v) is 4.21. The summed E-state index contributed by atoms with van der Waals surface area (Å²) in [7, 11) is 0. The second-order valence-electron chi connectivity index (χ2n) is 4.79. The Morgan fingerprint density at radius 1 is 1.20 bits per heavy atom. The second kappa shape index (κ2) is 3.95. The van der Waals surface area contributed by atoms with Crippen molar-refractivity contribution in [3.63, 3.8) is 0 Å². The van der Waals surface area contributed by atoms with E-state index in [2.05, 4.69) is 15.3 Å². The summed E-state index contributed by atoms with van der Waals surface area (Å²) in [4.78, 5) is 0.601. The molecule has 4 rings (SSSR count). The predicted molar refractivity (Wildman–Crippen MR) is 70.4 cm³/mol. The van der Waals surface area contributed by atoms with Gasteiger partial charge in [-0.1, -0.05) is 11.3 Å². The van der Waals surface area contributed by atoms with E-state index >= 15 is 0 Å². The summed E-state index contributed by atoms with van der Waals surface area (Å²) in [5, 5.41) is 12.9. The molecule has 2 aromatic heterocycles. The molecule has 2 N–H and O–H groups in total. The lowest BCUT2D eigenvalue weighted by Gasteiger charge is -2.01. The molecule has 0 spiro atoms. The molecule has 0 bridgehead atoms. The van der Waals surface area contributed by atoms with Crippen molar-refractivity contribution in [3.05, 3.63) is 29.6 Å². The zero-order chi connectivity index (χ0) is 13.9. The molecular weight excluding hydrogens is 284 g/mol. The maximum absolute atomic E-state index is 13.8. The van der Waals surface area contributed by atoms with Crippen molar-refractivity contribution in [2.24, 2.45) is 0 Å². The Balaban J connectivity index is 1.88. The van der Waals surface area contributed by atoms with E-state index in [9.17, 15) is 8.78 Å². The monoisotopic (exact) mass is 293 g/mol. The first-order chi connectivity index (χ1) is 9.63. The molecule has 8 heteroatoms. The highest BCUT2D eigenvalue weighted by molar-refractivity contribution is 7.19. The van der Waals surface area contributed by atoms with Crippen LogP contribution in [0, 0.1) is 11.6 Å². The fourth-order valence-electron chi connectivity index (χ4n) is 2.07. The number of anilines is 1. The van der Waals surface area contributed by atoms with Crippen molar-refractivity contribution in [1.82, 2.24) is 19.8 Å². The van der Waals surface area contributed by atoms with Gasteiger partial charge in [0.15, 0.2) is 10.8 Å². The van der Waals surface area contributed by atoms with Gasteiger partial charge in [0, 0.05) is 12.0 Å². The number of hydrogen-bond acceptors (Lipinski definition) is 5. The number of fused-ring (bicyclic) bond motifs is 1. The van der Waals surface area contributed by atoms with Crippen LogP contribution in [0.4, 0.5) is 14.5 Å². The van der Waals surface area contributed by atoms with Crippen molar-refractivity contribution in [2.45, 2.75) is 18.8 Å². The Morgan fingerprint density at radius 3 is 2.75 bits per heavy atom.